The van der Waals surface area contributed by atoms with Gasteiger partial charge in [-0.15, -0.1) is 0 Å². The van der Waals surface area contributed by atoms with Crippen molar-refractivity contribution >= 4 is 23.6 Å². The number of hydrogen-bond donors (Lipinski definition) is 2. The van der Waals surface area contributed by atoms with E-state index in [0.29, 0.717) is 17.7 Å². The molecule has 0 saturated carbocycles. The van der Waals surface area contributed by atoms with Gasteiger partial charge in [-0.05, 0) is 24.3 Å². The third kappa shape index (κ3) is 2.41. The molecule has 1 aliphatic heterocycles. The van der Waals surface area contributed by atoms with E-state index in [9.17, 15) is 14.7 Å². The first kappa shape index (κ1) is 11.9. The van der Waals surface area contributed by atoms with Crippen LogP contribution in [0.15, 0.2) is 24.5 Å². The average Bonchev–Trinajstić information content (AvgIpc) is 2.80. The zero-order chi connectivity index (χ0) is 12.3. The summed E-state index contributed by atoms with van der Waals surface area (Å²) in [5, 5.41) is 11.8. The van der Waals surface area contributed by atoms with Crippen LogP contribution in [0.5, 0.6) is 0 Å². The van der Waals surface area contributed by atoms with Crippen molar-refractivity contribution in [2.75, 3.05) is 11.5 Å². The zero-order valence-electron chi connectivity index (χ0n) is 9.05. The van der Waals surface area contributed by atoms with Gasteiger partial charge >= 0.3 is 5.97 Å². The Morgan fingerprint density at radius 2 is 2.35 bits per heavy atom. The minimum absolute atomic E-state index is 0.380. The number of nitrogens with zero attached hydrogens (tertiary/aromatic N) is 1. The summed E-state index contributed by atoms with van der Waals surface area (Å²) < 4.78 is 0. The SMILES string of the molecule is O=C(NC1(C(=O)O)CCSC1)c1cccnc1. The van der Waals surface area contributed by atoms with Crippen molar-refractivity contribution < 1.29 is 14.7 Å². The van der Waals surface area contributed by atoms with Crippen LogP contribution in [0.25, 0.3) is 0 Å². The molecule has 2 rings (SSSR count). The number of carboxylic acid groups (broad SMARTS) is 1. The van der Waals surface area contributed by atoms with Crippen LogP contribution in [-0.4, -0.2) is 39.0 Å². The lowest BCUT2D eigenvalue weighted by Crippen LogP contribution is -2.54. The van der Waals surface area contributed by atoms with Crippen molar-refractivity contribution in [3.63, 3.8) is 0 Å². The number of nitrogens with one attached hydrogen (secondary N) is 1. The molecule has 0 aromatic carbocycles. The fourth-order valence-electron chi connectivity index (χ4n) is 1.67. The third-order valence-electron chi connectivity index (χ3n) is 2.71. The number of carboxylic acids is 1. The van der Waals surface area contributed by atoms with Crippen LogP contribution >= 0.6 is 11.8 Å². The number of carbonyl (C=O) groups excluding carboxylic acids is 1. The molecule has 1 atom stereocenters. The molecule has 2 heterocycles. The number of thioether (sulfide) groups is 1. The molecule has 0 spiro atoms. The summed E-state index contributed by atoms with van der Waals surface area (Å²) in [6.45, 7) is 0. The second-order valence-electron chi connectivity index (χ2n) is 3.89. The van der Waals surface area contributed by atoms with Gasteiger partial charge in [0.15, 0.2) is 0 Å². The summed E-state index contributed by atoms with van der Waals surface area (Å²) in [5.41, 5.74) is -0.748. The Hall–Kier alpha value is -1.56. The maximum atomic E-state index is 11.9. The van der Waals surface area contributed by atoms with Gasteiger partial charge in [-0.1, -0.05) is 0 Å². The molecule has 1 unspecified atom stereocenters. The quantitative estimate of drug-likeness (QED) is 0.830. The lowest BCUT2D eigenvalue weighted by Gasteiger charge is -2.24. The largest absolute Gasteiger partial charge is 0.479 e. The Bertz CT molecular complexity index is 430. The van der Waals surface area contributed by atoms with Crippen molar-refractivity contribution in [1.82, 2.24) is 10.3 Å². The number of rotatable bonds is 3. The summed E-state index contributed by atoms with van der Waals surface area (Å²) in [5.74, 6) is -0.198. The molecule has 0 aliphatic carbocycles. The van der Waals surface area contributed by atoms with Crippen molar-refractivity contribution in [3.8, 4) is 0 Å². The standard InChI is InChI=1S/C11H12N2O3S/c14-9(8-2-1-4-12-6-8)13-11(10(15)16)3-5-17-7-11/h1-2,4,6H,3,5,7H2,(H,13,14)(H,15,16). The highest BCUT2D eigenvalue weighted by atomic mass is 32.2. The summed E-state index contributed by atoms with van der Waals surface area (Å²) in [4.78, 5) is 27.0. The van der Waals surface area contributed by atoms with Crippen LogP contribution in [-0.2, 0) is 4.79 Å². The number of amides is 1. The van der Waals surface area contributed by atoms with Gasteiger partial charge in [-0.2, -0.15) is 11.8 Å². The van der Waals surface area contributed by atoms with Gasteiger partial charge in [0.2, 0.25) is 0 Å². The van der Waals surface area contributed by atoms with E-state index in [1.54, 1.807) is 18.3 Å². The normalized spacial score (nSPS) is 23.3. The topological polar surface area (TPSA) is 79.3 Å². The molecule has 6 heteroatoms. The van der Waals surface area contributed by atoms with E-state index < -0.39 is 11.5 Å². The van der Waals surface area contributed by atoms with Crippen LogP contribution in [0.3, 0.4) is 0 Å². The molecule has 1 aromatic rings. The molecule has 1 aromatic heterocycles. The third-order valence-corrected chi connectivity index (χ3v) is 3.90. The van der Waals surface area contributed by atoms with Gasteiger partial charge in [-0.3, -0.25) is 9.78 Å². The lowest BCUT2D eigenvalue weighted by atomic mass is 9.99. The van der Waals surface area contributed by atoms with Gasteiger partial charge in [0.05, 0.1) is 5.56 Å². The monoisotopic (exact) mass is 252 g/mol. The average molecular weight is 252 g/mol. The molecule has 2 N–H and O–H groups in total. The van der Waals surface area contributed by atoms with E-state index in [2.05, 4.69) is 10.3 Å². The first-order chi connectivity index (χ1) is 8.14. The predicted molar refractivity (Wildman–Crippen MR) is 64.0 cm³/mol. The van der Waals surface area contributed by atoms with Crippen molar-refractivity contribution in [1.29, 1.82) is 0 Å². The zero-order valence-corrected chi connectivity index (χ0v) is 9.87. The second kappa shape index (κ2) is 4.75. The second-order valence-corrected chi connectivity index (χ2v) is 4.99. The molecule has 0 radical (unpaired) electrons. The van der Waals surface area contributed by atoms with Crippen molar-refractivity contribution in [2.45, 2.75) is 12.0 Å². The lowest BCUT2D eigenvalue weighted by molar-refractivity contribution is -0.143. The van der Waals surface area contributed by atoms with E-state index in [0.717, 1.165) is 5.75 Å². The van der Waals surface area contributed by atoms with Gasteiger partial charge in [-0.25, -0.2) is 4.79 Å². The van der Waals surface area contributed by atoms with E-state index >= 15 is 0 Å². The van der Waals surface area contributed by atoms with Crippen molar-refractivity contribution in [3.05, 3.63) is 30.1 Å². The van der Waals surface area contributed by atoms with Crippen LogP contribution in [0.4, 0.5) is 0 Å². The Morgan fingerprint density at radius 3 is 2.88 bits per heavy atom. The Labute approximate surface area is 103 Å². The molecule has 1 fully saturated rings. The fourth-order valence-corrected chi connectivity index (χ4v) is 3.00. The number of carbonyl (C=O) groups is 2. The molecule has 90 valence electrons. The van der Waals surface area contributed by atoms with E-state index in [1.165, 1.54) is 18.0 Å². The smallest absolute Gasteiger partial charge is 0.330 e. The molecular weight excluding hydrogens is 240 g/mol. The molecule has 1 aliphatic rings. The summed E-state index contributed by atoms with van der Waals surface area (Å²) in [7, 11) is 0. The van der Waals surface area contributed by atoms with E-state index in [4.69, 9.17) is 0 Å². The summed E-state index contributed by atoms with van der Waals surface area (Å²) >= 11 is 1.54. The highest BCUT2D eigenvalue weighted by molar-refractivity contribution is 7.99. The fraction of sp³-hybridized carbons (Fsp3) is 0.364. The molecule has 17 heavy (non-hydrogen) atoms. The highest BCUT2D eigenvalue weighted by Gasteiger charge is 2.43. The number of hydrogen-bond acceptors (Lipinski definition) is 4. The van der Waals surface area contributed by atoms with Crippen LogP contribution in [0, 0.1) is 0 Å². The van der Waals surface area contributed by atoms with E-state index in [1.807, 2.05) is 0 Å². The number of pyridine rings is 1. The number of aromatic nitrogens is 1. The van der Waals surface area contributed by atoms with Crippen LogP contribution in [0.1, 0.15) is 16.8 Å². The minimum atomic E-state index is -1.13. The molecule has 1 saturated heterocycles. The molecule has 1 amide bonds. The van der Waals surface area contributed by atoms with E-state index in [-0.39, 0.29) is 5.91 Å². The van der Waals surface area contributed by atoms with Crippen LogP contribution in [0.2, 0.25) is 0 Å². The Kier molecular flexibility index (Phi) is 3.33. The highest BCUT2D eigenvalue weighted by Crippen LogP contribution is 2.28. The van der Waals surface area contributed by atoms with Crippen LogP contribution < -0.4 is 5.32 Å². The van der Waals surface area contributed by atoms with Gasteiger partial charge < -0.3 is 10.4 Å². The summed E-state index contributed by atoms with van der Waals surface area (Å²) in [6.07, 6.45) is 3.45. The first-order valence-corrected chi connectivity index (χ1v) is 6.33. The van der Waals surface area contributed by atoms with Gasteiger partial charge in [0, 0.05) is 18.1 Å². The maximum absolute atomic E-state index is 11.9. The summed E-state index contributed by atoms with van der Waals surface area (Å²) in [6, 6.07) is 3.26. The molecule has 5 nitrogen and oxygen atoms in total. The predicted octanol–water partition coefficient (Wildman–Crippen LogP) is 0.772. The van der Waals surface area contributed by atoms with Gasteiger partial charge in [0.25, 0.3) is 5.91 Å². The van der Waals surface area contributed by atoms with Crippen molar-refractivity contribution in [2.24, 2.45) is 0 Å². The first-order valence-electron chi connectivity index (χ1n) is 5.18. The number of aliphatic carboxylic acids is 1. The Morgan fingerprint density at radius 1 is 1.53 bits per heavy atom. The Balaban J connectivity index is 2.15. The molecular formula is C11H12N2O3S. The minimum Gasteiger partial charge on any atom is -0.479 e. The van der Waals surface area contributed by atoms with Gasteiger partial charge in [0.1, 0.15) is 5.54 Å². The maximum Gasteiger partial charge on any atom is 0.330 e. The molecule has 0 bridgehead atoms.